The van der Waals surface area contributed by atoms with Gasteiger partial charge in [-0.05, 0) is 38.4 Å². The molecule has 0 spiro atoms. The molecule has 0 saturated heterocycles. The van der Waals surface area contributed by atoms with Crippen molar-refractivity contribution >= 4 is 24.3 Å². The van der Waals surface area contributed by atoms with Crippen molar-refractivity contribution in [2.45, 2.75) is 39.4 Å². The molecule has 160 valence electrons. The quantitative estimate of drug-likeness (QED) is 0.581. The Morgan fingerprint density at radius 1 is 1.29 bits per heavy atom. The van der Waals surface area contributed by atoms with E-state index in [1.165, 1.54) is 19.1 Å². The van der Waals surface area contributed by atoms with Gasteiger partial charge in [0.15, 0.2) is 0 Å². The fraction of sp³-hybridized carbons (Fsp3) is 0.368. The second kappa shape index (κ2) is 15.7. The van der Waals surface area contributed by atoms with Crippen LogP contribution < -0.4 is 5.32 Å². The van der Waals surface area contributed by atoms with Crippen LogP contribution in [0.25, 0.3) is 0 Å². The van der Waals surface area contributed by atoms with Crippen molar-refractivity contribution < 1.29 is 33.0 Å². The van der Waals surface area contributed by atoms with E-state index in [9.17, 15) is 22.8 Å². The number of hydrogen-bond donors (Lipinski definition) is 3. The predicted molar refractivity (Wildman–Crippen MR) is 106 cm³/mol. The average Bonchev–Trinajstić information content (AvgIpc) is 2.55. The van der Waals surface area contributed by atoms with E-state index in [4.69, 9.17) is 10.2 Å². The number of rotatable bonds is 6. The summed E-state index contributed by atoms with van der Waals surface area (Å²) in [5, 5.41) is 18.7. The first-order chi connectivity index (χ1) is 12.3. The molecule has 0 aliphatic heterocycles. The molecule has 1 rings (SSSR count). The van der Waals surface area contributed by atoms with Gasteiger partial charge in [0.1, 0.15) is 0 Å². The first-order valence-electron chi connectivity index (χ1n) is 7.98. The number of benzene rings is 1. The van der Waals surface area contributed by atoms with Gasteiger partial charge in [0, 0.05) is 17.7 Å². The minimum absolute atomic E-state index is 0. The third-order valence-corrected chi connectivity index (χ3v) is 2.89. The Bertz CT molecular complexity index is 622. The average molecular weight is 426 g/mol. The minimum Gasteiger partial charge on any atom is -0.478 e. The van der Waals surface area contributed by atoms with Crippen LogP contribution in [0.5, 0.6) is 0 Å². The molecule has 1 unspecified atom stereocenters. The van der Waals surface area contributed by atoms with E-state index < -0.39 is 23.7 Å². The van der Waals surface area contributed by atoms with Crippen LogP contribution in [-0.4, -0.2) is 34.7 Å². The first kappa shape index (κ1) is 30.4. The number of aliphatic carboxylic acids is 2. The van der Waals surface area contributed by atoms with Crippen LogP contribution in [0.15, 0.2) is 49.1 Å². The van der Waals surface area contributed by atoms with Crippen molar-refractivity contribution in [3.63, 3.8) is 0 Å². The highest BCUT2D eigenvalue weighted by molar-refractivity contribution is 5.85. The minimum atomic E-state index is -4.25. The number of carboxylic acid groups (broad SMARTS) is 2. The van der Waals surface area contributed by atoms with Gasteiger partial charge in [-0.3, -0.25) is 0 Å². The first-order valence-corrected chi connectivity index (χ1v) is 7.98. The van der Waals surface area contributed by atoms with Gasteiger partial charge in [-0.25, -0.2) is 9.59 Å². The van der Waals surface area contributed by atoms with Gasteiger partial charge in [-0.1, -0.05) is 38.3 Å². The number of halogens is 4. The van der Waals surface area contributed by atoms with Crippen molar-refractivity contribution in [3.8, 4) is 0 Å². The van der Waals surface area contributed by atoms with Crippen molar-refractivity contribution in [1.82, 2.24) is 5.32 Å². The number of nitrogens with one attached hydrogen (secondary N) is 1. The smallest absolute Gasteiger partial charge is 0.416 e. The van der Waals surface area contributed by atoms with Crippen LogP contribution in [0, 0.1) is 0 Å². The molecular formula is C19H27ClF3NO4. The van der Waals surface area contributed by atoms with Crippen LogP contribution in [0.3, 0.4) is 0 Å². The Labute approximate surface area is 169 Å². The molecule has 0 amide bonds. The molecular weight excluding hydrogens is 399 g/mol. The molecule has 0 fully saturated rings. The maximum atomic E-state index is 12.4. The maximum Gasteiger partial charge on any atom is 0.416 e. The third kappa shape index (κ3) is 17.1. The Balaban J connectivity index is -0.000000434. The number of alkyl halides is 3. The molecule has 0 aliphatic rings. The summed E-state index contributed by atoms with van der Waals surface area (Å²) in [5.41, 5.74) is 0.312. The summed E-state index contributed by atoms with van der Waals surface area (Å²) >= 11 is 0. The summed E-state index contributed by atoms with van der Waals surface area (Å²) in [6.45, 7) is 12.3. The highest BCUT2D eigenvalue weighted by Crippen LogP contribution is 2.29. The number of hydrogen-bond acceptors (Lipinski definition) is 3. The molecule has 28 heavy (non-hydrogen) atoms. The Kier molecular flexibility index (Phi) is 17.1. The van der Waals surface area contributed by atoms with E-state index in [0.717, 1.165) is 18.7 Å². The van der Waals surface area contributed by atoms with Crippen LogP contribution >= 0.6 is 12.4 Å². The summed E-state index contributed by atoms with van der Waals surface area (Å²) in [7, 11) is 0. The number of likely N-dealkylation sites (N-methyl/N-ethyl adjacent to an activating group) is 1. The van der Waals surface area contributed by atoms with Gasteiger partial charge in [-0.15, -0.1) is 12.4 Å². The van der Waals surface area contributed by atoms with Gasteiger partial charge in [0.05, 0.1) is 5.56 Å². The van der Waals surface area contributed by atoms with Gasteiger partial charge in [-0.2, -0.15) is 13.2 Å². The topological polar surface area (TPSA) is 86.6 Å². The Morgan fingerprint density at radius 3 is 2.07 bits per heavy atom. The Hall–Kier alpha value is -2.32. The molecule has 0 saturated carbocycles. The number of carbonyl (C=O) groups is 2. The number of carboxylic acids is 2. The largest absolute Gasteiger partial charge is 0.478 e. The highest BCUT2D eigenvalue weighted by Gasteiger charge is 2.30. The molecule has 0 aromatic heterocycles. The molecule has 0 heterocycles. The lowest BCUT2D eigenvalue weighted by atomic mass is 10.0. The Morgan fingerprint density at radius 2 is 1.75 bits per heavy atom. The summed E-state index contributed by atoms with van der Waals surface area (Å²) in [6.07, 6.45) is -2.81. The molecule has 0 bridgehead atoms. The van der Waals surface area contributed by atoms with Gasteiger partial charge in [0.2, 0.25) is 0 Å². The van der Waals surface area contributed by atoms with Crippen molar-refractivity contribution in [2.75, 3.05) is 6.54 Å². The van der Waals surface area contributed by atoms with Gasteiger partial charge < -0.3 is 15.5 Å². The molecule has 0 radical (unpaired) electrons. The van der Waals surface area contributed by atoms with Crippen molar-refractivity contribution in [2.24, 2.45) is 0 Å². The molecule has 1 aromatic rings. The monoisotopic (exact) mass is 425 g/mol. The van der Waals surface area contributed by atoms with Crippen LogP contribution in [-0.2, 0) is 22.2 Å². The SMILES string of the molecule is C=C(C)C(=O)O.C=CC(=O)O.CCNC(C)Cc1cccc(C(F)(F)F)c1.Cl. The summed E-state index contributed by atoms with van der Waals surface area (Å²) in [5.74, 6) is -1.92. The zero-order valence-electron chi connectivity index (χ0n) is 16.0. The standard InChI is InChI=1S/C12H16F3N.C4H6O2.C3H4O2.ClH/c1-3-16-9(2)7-10-5-4-6-11(8-10)12(13,14)15;1-3(2)4(5)6;1-2-3(4)5;/h4-6,8-9,16H,3,7H2,1-2H3;1H2,2H3,(H,5,6);2H,1H2,(H,4,5);1H. The molecule has 1 aromatic carbocycles. The zero-order valence-corrected chi connectivity index (χ0v) is 16.9. The van der Waals surface area contributed by atoms with Crippen molar-refractivity contribution in [3.05, 3.63) is 60.2 Å². The summed E-state index contributed by atoms with van der Waals surface area (Å²) in [6, 6.07) is 5.68. The second-order valence-electron chi connectivity index (χ2n) is 5.49. The molecule has 5 nitrogen and oxygen atoms in total. The fourth-order valence-corrected chi connectivity index (χ4v) is 1.65. The van der Waals surface area contributed by atoms with Gasteiger partial charge in [0.25, 0.3) is 0 Å². The molecule has 3 N–H and O–H groups in total. The van der Waals surface area contributed by atoms with Crippen molar-refractivity contribution in [1.29, 1.82) is 0 Å². The van der Waals surface area contributed by atoms with E-state index in [1.807, 2.05) is 13.8 Å². The maximum absolute atomic E-state index is 12.4. The van der Waals surface area contributed by atoms with Crippen LogP contribution in [0.2, 0.25) is 0 Å². The molecule has 9 heteroatoms. The molecule has 1 atom stereocenters. The van der Waals surface area contributed by atoms with E-state index in [0.29, 0.717) is 12.0 Å². The van der Waals surface area contributed by atoms with Gasteiger partial charge >= 0.3 is 18.1 Å². The zero-order chi connectivity index (χ0) is 21.6. The van der Waals surface area contributed by atoms with E-state index in [2.05, 4.69) is 18.5 Å². The lowest BCUT2D eigenvalue weighted by Crippen LogP contribution is -2.27. The lowest BCUT2D eigenvalue weighted by molar-refractivity contribution is -0.137. The summed E-state index contributed by atoms with van der Waals surface area (Å²) < 4.78 is 37.3. The van der Waals surface area contributed by atoms with Crippen LogP contribution in [0.4, 0.5) is 13.2 Å². The normalized spacial score (nSPS) is 10.6. The van der Waals surface area contributed by atoms with E-state index in [1.54, 1.807) is 6.07 Å². The van der Waals surface area contributed by atoms with E-state index >= 15 is 0 Å². The third-order valence-electron chi connectivity index (χ3n) is 2.89. The lowest BCUT2D eigenvalue weighted by Gasteiger charge is -2.13. The second-order valence-corrected chi connectivity index (χ2v) is 5.49. The molecule has 0 aliphatic carbocycles. The van der Waals surface area contributed by atoms with E-state index in [-0.39, 0.29) is 24.0 Å². The summed E-state index contributed by atoms with van der Waals surface area (Å²) in [4.78, 5) is 18.8. The van der Waals surface area contributed by atoms with Crippen LogP contribution in [0.1, 0.15) is 31.9 Å². The predicted octanol–water partition coefficient (Wildman–Crippen LogP) is 4.57. The highest BCUT2D eigenvalue weighted by atomic mass is 35.5. The fourth-order valence-electron chi connectivity index (χ4n) is 1.65.